The summed E-state index contributed by atoms with van der Waals surface area (Å²) in [6.45, 7) is 9.06. The van der Waals surface area contributed by atoms with Gasteiger partial charge in [-0.3, -0.25) is 0 Å². The highest BCUT2D eigenvalue weighted by Crippen LogP contribution is 2.39. The lowest BCUT2D eigenvalue weighted by Gasteiger charge is -2.09. The van der Waals surface area contributed by atoms with Crippen molar-refractivity contribution in [1.82, 2.24) is 0 Å². The Hall–Kier alpha value is -1.56. The zero-order valence-electron chi connectivity index (χ0n) is 12.3. The fraction of sp³-hybridized carbons (Fsp3) is 0.368. The molecule has 0 nitrogen and oxygen atoms in total. The van der Waals surface area contributed by atoms with Gasteiger partial charge in [0.2, 0.25) is 0 Å². The molecule has 0 heterocycles. The first-order valence-electron chi connectivity index (χ1n) is 7.32. The molecule has 98 valence electrons. The van der Waals surface area contributed by atoms with Crippen molar-refractivity contribution in [2.75, 3.05) is 0 Å². The second kappa shape index (κ2) is 4.52. The van der Waals surface area contributed by atoms with Crippen molar-refractivity contribution in [3.63, 3.8) is 0 Å². The zero-order chi connectivity index (χ0) is 13.6. The van der Waals surface area contributed by atoms with Crippen LogP contribution in [0.2, 0.25) is 0 Å². The third-order valence-electron chi connectivity index (χ3n) is 4.26. The van der Waals surface area contributed by atoms with Crippen LogP contribution in [0.1, 0.15) is 61.8 Å². The SMILES string of the molecule is CC(C)c1ccc2c(c1)Cc1cc(C(C)C)ccc1-2. The van der Waals surface area contributed by atoms with Crippen LogP contribution in [0.25, 0.3) is 11.1 Å². The Morgan fingerprint density at radius 1 is 0.684 bits per heavy atom. The topological polar surface area (TPSA) is 0 Å². The summed E-state index contributed by atoms with van der Waals surface area (Å²) in [5.74, 6) is 1.22. The molecule has 0 aromatic heterocycles. The van der Waals surface area contributed by atoms with Gasteiger partial charge in [0.1, 0.15) is 0 Å². The summed E-state index contributed by atoms with van der Waals surface area (Å²) < 4.78 is 0. The normalized spacial score (nSPS) is 12.9. The molecule has 0 spiro atoms. The maximum atomic E-state index is 2.40. The van der Waals surface area contributed by atoms with Crippen molar-refractivity contribution in [3.05, 3.63) is 58.7 Å². The van der Waals surface area contributed by atoms with Gasteiger partial charge in [0.25, 0.3) is 0 Å². The zero-order valence-corrected chi connectivity index (χ0v) is 12.3. The van der Waals surface area contributed by atoms with Gasteiger partial charge < -0.3 is 0 Å². The average Bonchev–Trinajstić information content (AvgIpc) is 2.74. The molecule has 19 heavy (non-hydrogen) atoms. The summed E-state index contributed by atoms with van der Waals surface area (Å²) in [7, 11) is 0. The summed E-state index contributed by atoms with van der Waals surface area (Å²) in [5.41, 5.74) is 8.79. The molecule has 0 N–H and O–H groups in total. The minimum absolute atomic E-state index is 0.611. The number of fused-ring (bicyclic) bond motifs is 3. The lowest BCUT2D eigenvalue weighted by Crippen LogP contribution is -1.90. The minimum Gasteiger partial charge on any atom is -0.0587 e. The maximum Gasteiger partial charge on any atom is -0.00132 e. The van der Waals surface area contributed by atoms with Crippen molar-refractivity contribution < 1.29 is 0 Å². The van der Waals surface area contributed by atoms with E-state index in [4.69, 9.17) is 0 Å². The minimum atomic E-state index is 0.611. The molecule has 0 aliphatic heterocycles. The van der Waals surface area contributed by atoms with Crippen molar-refractivity contribution in [3.8, 4) is 11.1 Å². The third-order valence-corrected chi connectivity index (χ3v) is 4.26. The highest BCUT2D eigenvalue weighted by molar-refractivity contribution is 5.77. The molecule has 0 amide bonds. The summed E-state index contributed by atoms with van der Waals surface area (Å²) in [5, 5.41) is 0. The van der Waals surface area contributed by atoms with Crippen LogP contribution >= 0.6 is 0 Å². The molecule has 0 saturated heterocycles. The van der Waals surface area contributed by atoms with Gasteiger partial charge >= 0.3 is 0 Å². The van der Waals surface area contributed by atoms with E-state index in [0.29, 0.717) is 11.8 Å². The van der Waals surface area contributed by atoms with Gasteiger partial charge in [-0.05, 0) is 51.6 Å². The molecule has 0 heteroatoms. The van der Waals surface area contributed by atoms with Gasteiger partial charge in [-0.1, -0.05) is 64.1 Å². The monoisotopic (exact) mass is 250 g/mol. The second-order valence-corrected chi connectivity index (χ2v) is 6.32. The van der Waals surface area contributed by atoms with Gasteiger partial charge in [0.15, 0.2) is 0 Å². The van der Waals surface area contributed by atoms with Crippen LogP contribution in [-0.4, -0.2) is 0 Å². The molecule has 0 fully saturated rings. The van der Waals surface area contributed by atoms with Crippen LogP contribution in [0.5, 0.6) is 0 Å². The van der Waals surface area contributed by atoms with Crippen LogP contribution < -0.4 is 0 Å². The van der Waals surface area contributed by atoms with E-state index in [9.17, 15) is 0 Å². The van der Waals surface area contributed by atoms with Crippen molar-refractivity contribution in [1.29, 1.82) is 0 Å². The Morgan fingerprint density at radius 3 is 1.47 bits per heavy atom. The lowest BCUT2D eigenvalue weighted by atomic mass is 9.96. The molecule has 3 rings (SSSR count). The average molecular weight is 250 g/mol. The molecule has 0 unspecified atom stereocenters. The first-order valence-corrected chi connectivity index (χ1v) is 7.32. The van der Waals surface area contributed by atoms with Crippen LogP contribution in [0.15, 0.2) is 36.4 Å². The lowest BCUT2D eigenvalue weighted by molar-refractivity contribution is 0.862. The van der Waals surface area contributed by atoms with Gasteiger partial charge in [-0.25, -0.2) is 0 Å². The molecule has 0 saturated carbocycles. The van der Waals surface area contributed by atoms with E-state index in [-0.39, 0.29) is 0 Å². The van der Waals surface area contributed by atoms with Crippen LogP contribution in [0, 0.1) is 0 Å². The quantitative estimate of drug-likeness (QED) is 0.563. The predicted molar refractivity (Wildman–Crippen MR) is 82.9 cm³/mol. The van der Waals surface area contributed by atoms with Gasteiger partial charge in [-0.15, -0.1) is 0 Å². The standard InChI is InChI=1S/C19H22/c1-12(2)14-5-7-18-16(9-14)11-17-10-15(13(3)4)6-8-19(17)18/h5-10,12-13H,11H2,1-4H3. The Bertz CT molecular complexity index is 562. The molecule has 0 atom stereocenters. The molecule has 1 aliphatic rings. The number of hydrogen-bond acceptors (Lipinski definition) is 0. The van der Waals surface area contributed by atoms with E-state index >= 15 is 0 Å². The summed E-state index contributed by atoms with van der Waals surface area (Å²) in [6, 6.07) is 14.0. The Kier molecular flexibility index (Phi) is 2.97. The van der Waals surface area contributed by atoms with E-state index < -0.39 is 0 Å². The summed E-state index contributed by atoms with van der Waals surface area (Å²) >= 11 is 0. The van der Waals surface area contributed by atoms with Gasteiger partial charge in [-0.2, -0.15) is 0 Å². The third kappa shape index (κ3) is 2.10. The smallest absolute Gasteiger partial charge is 0.00132 e. The Morgan fingerprint density at radius 2 is 1.11 bits per heavy atom. The van der Waals surface area contributed by atoms with Crippen molar-refractivity contribution >= 4 is 0 Å². The molecule has 0 bridgehead atoms. The Balaban J connectivity index is 2.05. The second-order valence-electron chi connectivity index (χ2n) is 6.32. The highest BCUT2D eigenvalue weighted by atomic mass is 14.2. The van der Waals surface area contributed by atoms with E-state index in [1.165, 1.54) is 33.4 Å². The van der Waals surface area contributed by atoms with Gasteiger partial charge in [0, 0.05) is 0 Å². The molecule has 0 radical (unpaired) electrons. The van der Waals surface area contributed by atoms with Crippen molar-refractivity contribution in [2.24, 2.45) is 0 Å². The fourth-order valence-electron chi connectivity index (χ4n) is 2.97. The molecular formula is C19H22. The first kappa shape index (κ1) is 12.5. The molecule has 2 aromatic rings. The predicted octanol–water partition coefficient (Wildman–Crippen LogP) is 5.50. The van der Waals surface area contributed by atoms with Crippen LogP contribution in [0.3, 0.4) is 0 Å². The summed E-state index contributed by atoms with van der Waals surface area (Å²) in [4.78, 5) is 0. The first-order chi connectivity index (χ1) is 9.06. The van der Waals surface area contributed by atoms with E-state index in [1.807, 2.05) is 0 Å². The van der Waals surface area contributed by atoms with Crippen molar-refractivity contribution in [2.45, 2.75) is 46.0 Å². The van der Waals surface area contributed by atoms with Crippen LogP contribution in [0.4, 0.5) is 0 Å². The molecule has 1 aliphatic carbocycles. The number of rotatable bonds is 2. The number of benzene rings is 2. The van der Waals surface area contributed by atoms with E-state index in [2.05, 4.69) is 64.1 Å². The maximum absolute atomic E-state index is 2.40. The summed E-state index contributed by atoms with van der Waals surface area (Å²) in [6.07, 6.45) is 1.10. The van der Waals surface area contributed by atoms with E-state index in [1.54, 1.807) is 0 Å². The molecular weight excluding hydrogens is 228 g/mol. The van der Waals surface area contributed by atoms with Crippen LogP contribution in [-0.2, 0) is 6.42 Å². The van der Waals surface area contributed by atoms with E-state index in [0.717, 1.165) is 6.42 Å². The molecule has 2 aromatic carbocycles. The van der Waals surface area contributed by atoms with Gasteiger partial charge in [0.05, 0.1) is 0 Å². The Labute approximate surface area is 116 Å². The largest absolute Gasteiger partial charge is 0.0587 e. The highest BCUT2D eigenvalue weighted by Gasteiger charge is 2.19. The number of hydrogen-bond donors (Lipinski definition) is 0. The fourth-order valence-corrected chi connectivity index (χ4v) is 2.97.